The summed E-state index contributed by atoms with van der Waals surface area (Å²) in [5.74, 6) is -2.45. The molecule has 260 valence electrons. The molecule has 5 rings (SSSR count). The smallest absolute Gasteiger partial charge is 0.374 e. The molecule has 0 saturated carbocycles. The fourth-order valence-electron chi connectivity index (χ4n) is 5.50. The number of hydrogen-bond donors (Lipinski definition) is 4. The predicted octanol–water partition coefficient (Wildman–Crippen LogP) is 4.68. The van der Waals surface area contributed by atoms with Crippen molar-refractivity contribution in [2.75, 3.05) is 19.5 Å². The van der Waals surface area contributed by atoms with Gasteiger partial charge in [-0.3, -0.25) is 4.79 Å². The standard InChI is InChI=1S/C35H37NO13/c1-17(2)9-10-18-16-19(11-13-21(18)37)31(40)36-24-25(38)20-12-14-22(28(43-5)27(20)47-33(24)42)46-34-26(39)29(30(44-6)35(3,4)49-34)48-32(41)23-8-7-15-45-23/h7-9,11-16,26,29-30,34,37-39H,10H2,1-6H3,(H,36,40)/t26-,29-,30+,34-/m1/s1. The van der Waals surface area contributed by atoms with Crippen molar-refractivity contribution >= 4 is 28.5 Å². The van der Waals surface area contributed by atoms with Gasteiger partial charge in [-0.15, -0.1) is 0 Å². The Kier molecular flexibility index (Phi) is 10.0. The Labute approximate surface area is 280 Å². The van der Waals surface area contributed by atoms with Crippen molar-refractivity contribution in [3.8, 4) is 23.0 Å². The Bertz CT molecular complexity index is 1940. The number of fused-ring (bicyclic) bond motifs is 1. The number of rotatable bonds is 10. The van der Waals surface area contributed by atoms with Gasteiger partial charge in [0.2, 0.25) is 17.8 Å². The molecule has 1 aliphatic rings. The summed E-state index contributed by atoms with van der Waals surface area (Å²) in [6, 6.07) is 9.87. The molecular weight excluding hydrogens is 642 g/mol. The number of carbonyl (C=O) groups excluding carboxylic acids is 2. The quantitative estimate of drug-likeness (QED) is 0.103. The number of hydrogen-bond acceptors (Lipinski definition) is 13. The van der Waals surface area contributed by atoms with E-state index in [1.807, 2.05) is 19.9 Å². The molecule has 0 aliphatic carbocycles. The van der Waals surface area contributed by atoms with Crippen LogP contribution in [0.4, 0.5) is 5.69 Å². The lowest BCUT2D eigenvalue weighted by atomic mass is 9.89. The van der Waals surface area contributed by atoms with Crippen molar-refractivity contribution in [3.63, 3.8) is 0 Å². The first-order chi connectivity index (χ1) is 23.2. The summed E-state index contributed by atoms with van der Waals surface area (Å²) in [6.45, 7) is 7.12. The summed E-state index contributed by atoms with van der Waals surface area (Å²) in [7, 11) is 2.64. The van der Waals surface area contributed by atoms with E-state index in [0.717, 1.165) is 5.57 Å². The van der Waals surface area contributed by atoms with Crippen LogP contribution < -0.4 is 20.4 Å². The van der Waals surface area contributed by atoms with Crippen molar-refractivity contribution in [3.05, 3.63) is 87.7 Å². The number of esters is 1. The number of phenols is 1. The van der Waals surface area contributed by atoms with Gasteiger partial charge in [0.15, 0.2) is 35.0 Å². The van der Waals surface area contributed by atoms with Crippen LogP contribution in [-0.4, -0.2) is 71.6 Å². The molecule has 1 saturated heterocycles. The zero-order valence-electron chi connectivity index (χ0n) is 27.6. The molecule has 1 fully saturated rings. The monoisotopic (exact) mass is 679 g/mol. The highest BCUT2D eigenvalue weighted by Crippen LogP contribution is 2.42. The zero-order valence-corrected chi connectivity index (χ0v) is 27.6. The second-order valence-corrected chi connectivity index (χ2v) is 12.1. The lowest BCUT2D eigenvalue weighted by Gasteiger charge is -2.47. The van der Waals surface area contributed by atoms with E-state index in [9.17, 15) is 29.7 Å². The average Bonchev–Trinajstić information content (AvgIpc) is 3.60. The average molecular weight is 680 g/mol. The summed E-state index contributed by atoms with van der Waals surface area (Å²) >= 11 is 0. The number of ether oxygens (including phenoxy) is 5. The molecule has 0 spiro atoms. The minimum absolute atomic E-state index is 0.00544. The number of phenolic OH excluding ortho intramolecular Hbond substituents is 1. The van der Waals surface area contributed by atoms with E-state index in [1.165, 1.54) is 62.9 Å². The molecule has 0 bridgehead atoms. The predicted molar refractivity (Wildman–Crippen MR) is 174 cm³/mol. The van der Waals surface area contributed by atoms with Gasteiger partial charge in [0.25, 0.3) is 5.91 Å². The van der Waals surface area contributed by atoms with Crippen LogP contribution in [0.15, 0.2) is 74.0 Å². The van der Waals surface area contributed by atoms with Crippen molar-refractivity contribution < 1.29 is 57.4 Å². The Morgan fingerprint density at radius 2 is 1.84 bits per heavy atom. The normalized spacial score (nSPS) is 20.0. The van der Waals surface area contributed by atoms with Crippen LogP contribution in [0.3, 0.4) is 0 Å². The van der Waals surface area contributed by atoms with E-state index < -0.39 is 59.1 Å². The van der Waals surface area contributed by atoms with Crippen LogP contribution in [-0.2, 0) is 20.6 Å². The van der Waals surface area contributed by atoms with Gasteiger partial charge in [-0.2, -0.15) is 0 Å². The first-order valence-corrected chi connectivity index (χ1v) is 15.2. The maximum absolute atomic E-state index is 13.1. The van der Waals surface area contributed by atoms with Crippen LogP contribution >= 0.6 is 0 Å². The second kappa shape index (κ2) is 14.0. The number of nitrogens with one attached hydrogen (secondary N) is 1. The number of furan rings is 1. The zero-order chi connectivity index (χ0) is 35.6. The summed E-state index contributed by atoms with van der Waals surface area (Å²) in [6.07, 6.45) is -1.65. The van der Waals surface area contributed by atoms with E-state index in [2.05, 4.69) is 5.32 Å². The van der Waals surface area contributed by atoms with Gasteiger partial charge in [-0.05, 0) is 82.1 Å². The highest BCUT2D eigenvalue weighted by Gasteiger charge is 2.53. The Balaban J connectivity index is 1.43. The maximum atomic E-state index is 13.1. The van der Waals surface area contributed by atoms with Gasteiger partial charge in [0.05, 0.1) is 24.4 Å². The fraction of sp³-hybridized carbons (Fsp3) is 0.343. The Morgan fingerprint density at radius 3 is 2.49 bits per heavy atom. The van der Waals surface area contributed by atoms with Crippen molar-refractivity contribution in [2.24, 2.45) is 0 Å². The third-order valence-electron chi connectivity index (χ3n) is 7.96. The summed E-state index contributed by atoms with van der Waals surface area (Å²) < 4.78 is 39.3. The molecule has 4 aromatic rings. The molecule has 1 aliphatic heterocycles. The molecule has 2 aromatic carbocycles. The van der Waals surface area contributed by atoms with Crippen molar-refractivity contribution in [2.45, 2.75) is 64.3 Å². The van der Waals surface area contributed by atoms with Crippen LogP contribution in [0.1, 0.15) is 54.2 Å². The van der Waals surface area contributed by atoms with Crippen molar-refractivity contribution in [1.29, 1.82) is 0 Å². The summed E-state index contributed by atoms with van der Waals surface area (Å²) in [5.41, 5.74) is -1.34. The third-order valence-corrected chi connectivity index (χ3v) is 7.96. The van der Waals surface area contributed by atoms with E-state index in [-0.39, 0.29) is 39.5 Å². The molecule has 14 heteroatoms. The number of anilines is 1. The first-order valence-electron chi connectivity index (χ1n) is 15.2. The van der Waals surface area contributed by atoms with Gasteiger partial charge in [0, 0.05) is 12.7 Å². The summed E-state index contributed by atoms with van der Waals surface area (Å²) in [5, 5.41) is 35.0. The van der Waals surface area contributed by atoms with Gasteiger partial charge in [0.1, 0.15) is 11.9 Å². The van der Waals surface area contributed by atoms with E-state index in [4.69, 9.17) is 32.5 Å². The van der Waals surface area contributed by atoms with E-state index >= 15 is 0 Å². The molecule has 49 heavy (non-hydrogen) atoms. The molecule has 4 atom stereocenters. The number of aliphatic hydroxyl groups is 1. The van der Waals surface area contributed by atoms with E-state index in [0.29, 0.717) is 12.0 Å². The number of amides is 1. The molecular formula is C35H37NO13. The second-order valence-electron chi connectivity index (χ2n) is 12.1. The van der Waals surface area contributed by atoms with Crippen LogP contribution in [0.2, 0.25) is 0 Å². The Morgan fingerprint density at radius 1 is 1.08 bits per heavy atom. The van der Waals surface area contributed by atoms with Crippen molar-refractivity contribution in [1.82, 2.24) is 0 Å². The molecule has 0 unspecified atom stereocenters. The number of methoxy groups -OCH3 is 2. The number of aliphatic hydroxyl groups excluding tert-OH is 1. The maximum Gasteiger partial charge on any atom is 0.374 e. The van der Waals surface area contributed by atoms with Gasteiger partial charge < -0.3 is 53.2 Å². The molecule has 4 N–H and O–H groups in total. The van der Waals surface area contributed by atoms with Gasteiger partial charge in [-0.25, -0.2) is 9.59 Å². The number of aromatic hydroxyl groups is 2. The molecule has 0 radical (unpaired) electrons. The molecule has 2 aromatic heterocycles. The number of benzene rings is 2. The minimum Gasteiger partial charge on any atom is -0.508 e. The van der Waals surface area contributed by atoms with E-state index in [1.54, 1.807) is 13.8 Å². The van der Waals surface area contributed by atoms with Crippen LogP contribution in [0.25, 0.3) is 11.0 Å². The number of allylic oxidation sites excluding steroid dienone is 2. The van der Waals surface area contributed by atoms with Gasteiger partial charge >= 0.3 is 11.6 Å². The number of carbonyl (C=O) groups is 2. The van der Waals surface area contributed by atoms with Gasteiger partial charge in [-0.1, -0.05) is 11.6 Å². The lowest BCUT2D eigenvalue weighted by molar-refractivity contribution is -0.305. The minimum atomic E-state index is -1.59. The third kappa shape index (κ3) is 7.11. The summed E-state index contributed by atoms with van der Waals surface area (Å²) in [4.78, 5) is 39.0. The highest BCUT2D eigenvalue weighted by molar-refractivity contribution is 6.07. The molecule has 3 heterocycles. The lowest BCUT2D eigenvalue weighted by Crippen LogP contribution is -2.65. The fourth-order valence-corrected chi connectivity index (χ4v) is 5.50. The van der Waals surface area contributed by atoms with Crippen LogP contribution in [0.5, 0.6) is 23.0 Å². The largest absolute Gasteiger partial charge is 0.508 e. The first kappa shape index (κ1) is 35.0. The van der Waals surface area contributed by atoms with Crippen LogP contribution in [0, 0.1) is 0 Å². The topological polar surface area (TPSA) is 196 Å². The highest BCUT2D eigenvalue weighted by atomic mass is 16.7. The Hall–Kier alpha value is -5.31. The molecule has 14 nitrogen and oxygen atoms in total. The SMILES string of the molecule is COc1c(O[C@@H]2OC(C)(C)[C@@H](OC)[C@H](OC(=O)c3ccco3)[C@H]2O)ccc2c(O)c(NC(=O)c3ccc(O)c(CC=C(C)C)c3)c(=O)oc12. The molecule has 1 amide bonds.